The van der Waals surface area contributed by atoms with Gasteiger partial charge in [0, 0.05) is 19.2 Å². The molecule has 0 aromatic carbocycles. The van der Waals surface area contributed by atoms with Crippen molar-refractivity contribution in [3.05, 3.63) is 29.5 Å². The van der Waals surface area contributed by atoms with E-state index in [1.807, 2.05) is 29.1 Å². The van der Waals surface area contributed by atoms with Crippen molar-refractivity contribution in [2.75, 3.05) is 20.3 Å². The first-order chi connectivity index (χ1) is 6.33. The standard InChI is InChI=1S/C9H13ClNO2.BrH/c1-12-6-7-13-8-11-4-2-9(10)3-5-11;/h2-5H,6-8H2,1H3;1H/q+1;/p-1. The molecule has 1 aromatic rings. The average molecular weight is 283 g/mol. The Morgan fingerprint density at radius 3 is 2.50 bits per heavy atom. The van der Waals surface area contributed by atoms with Crippen molar-refractivity contribution in [1.82, 2.24) is 0 Å². The molecule has 0 radical (unpaired) electrons. The Morgan fingerprint density at radius 2 is 1.93 bits per heavy atom. The highest BCUT2D eigenvalue weighted by Gasteiger charge is 1.98. The lowest BCUT2D eigenvalue weighted by molar-refractivity contribution is -0.732. The fraction of sp³-hybridized carbons (Fsp3) is 0.444. The van der Waals surface area contributed by atoms with E-state index in [1.165, 1.54) is 0 Å². The van der Waals surface area contributed by atoms with E-state index in [-0.39, 0.29) is 17.0 Å². The molecule has 80 valence electrons. The van der Waals surface area contributed by atoms with E-state index in [1.54, 1.807) is 7.11 Å². The van der Waals surface area contributed by atoms with Crippen LogP contribution < -0.4 is 21.5 Å². The number of methoxy groups -OCH3 is 1. The van der Waals surface area contributed by atoms with Gasteiger partial charge in [0.25, 0.3) is 6.73 Å². The normalized spacial score (nSPS) is 9.57. The van der Waals surface area contributed by atoms with Gasteiger partial charge in [-0.25, -0.2) is 0 Å². The summed E-state index contributed by atoms with van der Waals surface area (Å²) in [6, 6.07) is 3.64. The Morgan fingerprint density at radius 1 is 1.29 bits per heavy atom. The van der Waals surface area contributed by atoms with E-state index in [2.05, 4.69) is 0 Å². The van der Waals surface area contributed by atoms with E-state index in [0.29, 0.717) is 19.9 Å². The van der Waals surface area contributed by atoms with Crippen LogP contribution in [0.15, 0.2) is 24.5 Å². The first-order valence-corrected chi connectivity index (χ1v) is 4.42. The van der Waals surface area contributed by atoms with Crippen LogP contribution in [-0.4, -0.2) is 20.3 Å². The minimum atomic E-state index is 0. The van der Waals surface area contributed by atoms with Gasteiger partial charge in [-0.3, -0.25) is 0 Å². The summed E-state index contributed by atoms with van der Waals surface area (Å²) in [5.41, 5.74) is 0. The minimum Gasteiger partial charge on any atom is -1.00 e. The van der Waals surface area contributed by atoms with Crippen LogP contribution in [-0.2, 0) is 16.2 Å². The first kappa shape index (κ1) is 13.8. The third kappa shape index (κ3) is 5.54. The van der Waals surface area contributed by atoms with Crippen molar-refractivity contribution in [1.29, 1.82) is 0 Å². The number of aromatic nitrogens is 1. The van der Waals surface area contributed by atoms with Gasteiger partial charge in [0.05, 0.1) is 18.2 Å². The van der Waals surface area contributed by atoms with E-state index in [4.69, 9.17) is 21.1 Å². The van der Waals surface area contributed by atoms with Crippen LogP contribution in [0.25, 0.3) is 0 Å². The molecule has 0 saturated carbocycles. The lowest BCUT2D eigenvalue weighted by Crippen LogP contribution is -3.00. The lowest BCUT2D eigenvalue weighted by Gasteiger charge is -1.99. The summed E-state index contributed by atoms with van der Waals surface area (Å²) in [6.07, 6.45) is 3.74. The average Bonchev–Trinajstić information content (AvgIpc) is 2.15. The number of hydrogen-bond acceptors (Lipinski definition) is 2. The maximum Gasteiger partial charge on any atom is 0.252 e. The molecule has 1 heterocycles. The number of ether oxygens (including phenoxy) is 2. The van der Waals surface area contributed by atoms with Gasteiger partial charge in [-0.2, -0.15) is 4.57 Å². The Balaban J connectivity index is 0.00000169. The molecule has 0 unspecified atom stereocenters. The monoisotopic (exact) mass is 281 g/mol. The van der Waals surface area contributed by atoms with Crippen LogP contribution in [0.5, 0.6) is 0 Å². The van der Waals surface area contributed by atoms with Crippen molar-refractivity contribution in [3.63, 3.8) is 0 Å². The Labute approximate surface area is 99.4 Å². The maximum atomic E-state index is 5.72. The van der Waals surface area contributed by atoms with Crippen molar-refractivity contribution < 1.29 is 31.0 Å². The van der Waals surface area contributed by atoms with Gasteiger partial charge in [-0.05, 0) is 0 Å². The number of hydrogen-bond donors (Lipinski definition) is 0. The Kier molecular flexibility index (Phi) is 8.08. The first-order valence-electron chi connectivity index (χ1n) is 4.04. The van der Waals surface area contributed by atoms with Gasteiger partial charge >= 0.3 is 0 Å². The number of pyridine rings is 1. The highest BCUT2D eigenvalue weighted by atomic mass is 79.9. The van der Waals surface area contributed by atoms with Crippen LogP contribution in [0, 0.1) is 0 Å². The van der Waals surface area contributed by atoms with Crippen molar-refractivity contribution in [2.24, 2.45) is 0 Å². The van der Waals surface area contributed by atoms with Gasteiger partial charge in [-0.15, -0.1) is 0 Å². The SMILES string of the molecule is COCCOC[n+]1ccc(Cl)cc1.[Br-]. The number of halogens is 2. The second-order valence-corrected chi connectivity index (χ2v) is 3.00. The molecule has 3 nitrogen and oxygen atoms in total. The van der Waals surface area contributed by atoms with Gasteiger partial charge < -0.3 is 26.5 Å². The van der Waals surface area contributed by atoms with Crippen LogP contribution >= 0.6 is 11.6 Å². The predicted molar refractivity (Wildman–Crippen MR) is 49.5 cm³/mol. The van der Waals surface area contributed by atoms with Crippen molar-refractivity contribution >= 4 is 11.6 Å². The van der Waals surface area contributed by atoms with E-state index < -0.39 is 0 Å². The van der Waals surface area contributed by atoms with Crippen LogP contribution in [0.4, 0.5) is 0 Å². The molecule has 0 bridgehead atoms. The highest BCUT2D eigenvalue weighted by Crippen LogP contribution is 2.01. The van der Waals surface area contributed by atoms with E-state index in [0.717, 1.165) is 5.02 Å². The van der Waals surface area contributed by atoms with Crippen LogP contribution in [0.2, 0.25) is 5.02 Å². The van der Waals surface area contributed by atoms with Gasteiger partial charge in [0.2, 0.25) is 0 Å². The lowest BCUT2D eigenvalue weighted by atomic mass is 10.5. The zero-order valence-corrected chi connectivity index (χ0v) is 10.3. The molecule has 5 heteroatoms. The predicted octanol–water partition coefficient (Wildman–Crippen LogP) is -1.75. The smallest absolute Gasteiger partial charge is 0.252 e. The second kappa shape index (κ2) is 8.17. The molecular weight excluding hydrogens is 269 g/mol. The fourth-order valence-corrected chi connectivity index (χ4v) is 0.950. The minimum absolute atomic E-state index is 0. The highest BCUT2D eigenvalue weighted by molar-refractivity contribution is 6.30. The molecule has 0 amide bonds. The van der Waals surface area contributed by atoms with E-state index in [9.17, 15) is 0 Å². The summed E-state index contributed by atoms with van der Waals surface area (Å²) in [7, 11) is 1.65. The van der Waals surface area contributed by atoms with Gasteiger partial charge in [0.1, 0.15) is 0 Å². The molecule has 14 heavy (non-hydrogen) atoms. The zero-order valence-electron chi connectivity index (χ0n) is 7.95. The third-order valence-electron chi connectivity index (χ3n) is 1.52. The maximum absolute atomic E-state index is 5.72. The van der Waals surface area contributed by atoms with Crippen LogP contribution in [0.1, 0.15) is 0 Å². The number of rotatable bonds is 5. The second-order valence-electron chi connectivity index (χ2n) is 2.56. The molecule has 0 fully saturated rings. The fourth-order valence-electron chi connectivity index (χ4n) is 0.837. The molecule has 0 N–H and O–H groups in total. The quantitative estimate of drug-likeness (QED) is 0.472. The molecule has 0 aliphatic rings. The van der Waals surface area contributed by atoms with Gasteiger partial charge in [-0.1, -0.05) is 11.6 Å². The summed E-state index contributed by atoms with van der Waals surface area (Å²) >= 11 is 5.72. The van der Waals surface area contributed by atoms with Gasteiger partial charge in [0.15, 0.2) is 12.4 Å². The summed E-state index contributed by atoms with van der Waals surface area (Å²) in [5.74, 6) is 0. The zero-order chi connectivity index (χ0) is 9.52. The summed E-state index contributed by atoms with van der Waals surface area (Å²) in [6.45, 7) is 1.75. The third-order valence-corrected chi connectivity index (χ3v) is 1.77. The summed E-state index contributed by atoms with van der Waals surface area (Å²) < 4.78 is 12.0. The molecule has 0 spiro atoms. The molecule has 1 aromatic heterocycles. The van der Waals surface area contributed by atoms with E-state index >= 15 is 0 Å². The molecular formula is C9H13BrClNO2. The summed E-state index contributed by atoms with van der Waals surface area (Å²) in [4.78, 5) is 0. The van der Waals surface area contributed by atoms with Crippen molar-refractivity contribution in [2.45, 2.75) is 6.73 Å². The molecule has 1 rings (SSSR count). The Bertz CT molecular complexity index is 243. The molecule has 0 aliphatic heterocycles. The topological polar surface area (TPSA) is 22.3 Å². The Hall–Kier alpha value is -0.160. The molecule has 0 aliphatic carbocycles. The van der Waals surface area contributed by atoms with Crippen LogP contribution in [0.3, 0.4) is 0 Å². The summed E-state index contributed by atoms with van der Waals surface area (Å²) in [5, 5.41) is 0.730. The molecule has 0 saturated heterocycles. The number of nitrogens with zero attached hydrogens (tertiary/aromatic N) is 1. The van der Waals surface area contributed by atoms with Crippen molar-refractivity contribution in [3.8, 4) is 0 Å². The molecule has 0 atom stereocenters. The largest absolute Gasteiger partial charge is 1.00 e.